The molecule has 0 amide bonds. The molecule has 0 aromatic heterocycles. The molecule has 1 aliphatic heterocycles. The summed E-state index contributed by atoms with van der Waals surface area (Å²) in [6, 6.07) is 0. The summed E-state index contributed by atoms with van der Waals surface area (Å²) < 4.78 is 34.9. The van der Waals surface area contributed by atoms with E-state index >= 15 is 0 Å². The number of aliphatic hydroxyl groups excluding tert-OH is 1. The second-order valence-electron chi connectivity index (χ2n) is 27.6. The first-order chi connectivity index (χ1) is 50.2. The quantitative estimate of drug-likeness (QED) is 0.0144. The van der Waals surface area contributed by atoms with E-state index < -0.39 is 47.0 Å². The number of ether oxygens (including phenoxy) is 7. The average Bonchev–Trinajstić information content (AvgIpc) is 0.898. The highest BCUT2D eigenvalue weighted by atomic mass is 79.9. The molecule has 3 N–H and O–H groups in total. The normalized spacial score (nSPS) is 10.4. The van der Waals surface area contributed by atoms with Gasteiger partial charge in [-0.1, -0.05) is 62.0 Å². The fourth-order valence-corrected chi connectivity index (χ4v) is 6.56. The van der Waals surface area contributed by atoms with Crippen LogP contribution in [0.25, 0.3) is 33.9 Å². The van der Waals surface area contributed by atoms with Crippen molar-refractivity contribution in [1.82, 2.24) is 10.6 Å². The monoisotopic (exact) mass is 1780 g/mol. The number of aliphatic hydroxyl groups is 1. The SMILES string of the molecule is CC(C)(C)OC(=O)C[N+](C)(C)CCO.CCOC(=O)CBr.O=C1CCO1.[Br-].[Br-].[C-]#[N+]C(=C)C(=O)OCC.[C-]#[N+]C(=C)C(=O)OCC[N+](C)(C)CC(=O)OC(C)(C)C.[C-]#[N+]C(=C)C(=O)OCC[N+](C)(C)CC(=O)[O-].[C-]#[N+]C(=C)CNC.[C-]#[N+]C(=C)CNC.[C-]#[N+]C(=C)C[N+](C)(C)CC(=O)[O-].[C-]#[N+]C(=C)C[N+](C)(C)CCC(=O)[O-]. The van der Waals surface area contributed by atoms with E-state index in [9.17, 15) is 63.3 Å². The number of nitrogens with zero attached hydrogens (tertiary/aromatic N) is 12. The van der Waals surface area contributed by atoms with E-state index in [1.807, 2.05) is 83.8 Å². The van der Waals surface area contributed by atoms with Crippen molar-refractivity contribution in [2.24, 2.45) is 0 Å². The molecule has 35 nitrogen and oxygen atoms in total. The number of carbonyl (C=O) groups excluding carboxylic acids is 10. The van der Waals surface area contributed by atoms with Gasteiger partial charge in [0.1, 0.15) is 82.2 Å². The number of quaternary nitrogens is 5. The number of carboxylic acids is 3. The highest BCUT2D eigenvalue weighted by Crippen LogP contribution is 2.12. The summed E-state index contributed by atoms with van der Waals surface area (Å²) in [5.41, 5.74) is 0.270. The number of cyclic esters (lactones) is 1. The molecule has 0 unspecified atom stereocenters. The highest BCUT2D eigenvalue weighted by molar-refractivity contribution is 9.09. The fourth-order valence-electron chi connectivity index (χ4n) is 6.40. The van der Waals surface area contributed by atoms with E-state index in [0.29, 0.717) is 114 Å². The number of aliphatic carboxylic acids is 3. The summed E-state index contributed by atoms with van der Waals surface area (Å²) in [5.74, 6) is -6.27. The maximum atomic E-state index is 11.7. The number of esters is 7. The van der Waals surface area contributed by atoms with Crippen LogP contribution in [0.1, 0.15) is 68.2 Å². The standard InChI is InChI=1S/C14H23N2O4.C10H14N2O4.C10H22NO3.C9H14N2O2.C8H12N2O2.C6H7NO2.2C5H8N2.C4H7BrO2.C3H4O2.2BrH/c1-11(15-5)13(18)19-9-8-16(6,7)10-12(17)20-14(2,3)4;1-8(11-2)10(15)16-6-5-12(3,4)7-9(13)14;1-10(2,3)14-9(13)8-11(4,5)6-7-12;1-8(10-2)7-11(3,4)6-5-9(12)13;1-7(9-2)5-10(3,4)6-8(11)12;1-4-9-6(8)5(2)7-3;2*1-5(7-3)4-6-2;1-2-7-4(6)3-5;4-3-1-2-5-3;;/h1,8-10H2,2-4,6-7H3;1,5-7H2,3-4H3;12H,6-8H2,1-5H3;1,5-7H2,3-4H3;1,5-6H2,3-4H3;2,4H2,1H3;2*6H,1,4H2,2H3;2-3H2,1H3;1-2H2;2*1H/q+1;;+1;;;;;;;;;/p-2. The van der Waals surface area contributed by atoms with Crippen LogP contribution < -0.4 is 59.9 Å². The third-order valence-electron chi connectivity index (χ3n) is 11.5. The maximum Gasteiger partial charge on any atom is 0.362 e. The topological polar surface area (TPSA) is 379 Å². The Morgan fingerprint density at radius 2 is 0.750 bits per heavy atom. The van der Waals surface area contributed by atoms with Gasteiger partial charge in [0.05, 0.1) is 161 Å². The van der Waals surface area contributed by atoms with Crippen molar-refractivity contribution < 1.29 is 158 Å². The third-order valence-corrected chi connectivity index (χ3v) is 12.0. The van der Waals surface area contributed by atoms with E-state index in [1.54, 1.807) is 56.1 Å². The van der Waals surface area contributed by atoms with E-state index in [0.717, 1.165) is 0 Å². The first-order valence-electron chi connectivity index (χ1n) is 33.0. The summed E-state index contributed by atoms with van der Waals surface area (Å²) >= 11 is 2.94. The molecule has 632 valence electrons. The van der Waals surface area contributed by atoms with Gasteiger partial charge in [-0.15, -0.1) is 0 Å². The molecular weight excluding hydrogens is 1660 g/mol. The molecule has 0 aromatic carbocycles. The van der Waals surface area contributed by atoms with Crippen molar-refractivity contribution in [3.05, 3.63) is 166 Å². The van der Waals surface area contributed by atoms with Crippen LogP contribution in [0.2, 0.25) is 0 Å². The second kappa shape index (κ2) is 70.5. The van der Waals surface area contributed by atoms with Crippen LogP contribution in [-0.2, 0) is 81.1 Å². The molecule has 0 saturated carbocycles. The lowest BCUT2D eigenvalue weighted by Gasteiger charge is -2.30. The Balaban J connectivity index is -0.000000115. The van der Waals surface area contributed by atoms with Crippen LogP contribution in [0.3, 0.4) is 0 Å². The lowest BCUT2D eigenvalue weighted by atomic mass is 10.2. The number of likely N-dealkylation sites (N-methyl/N-ethyl adjacent to an activating group) is 7. The van der Waals surface area contributed by atoms with Gasteiger partial charge in [-0.2, -0.15) is 0 Å². The van der Waals surface area contributed by atoms with Gasteiger partial charge in [0.2, 0.25) is 11.4 Å². The zero-order valence-corrected chi connectivity index (χ0v) is 73.7. The molecule has 0 spiro atoms. The van der Waals surface area contributed by atoms with Crippen LogP contribution in [0.15, 0.2) is 85.9 Å². The molecule has 0 radical (unpaired) electrons. The molecule has 0 atom stereocenters. The maximum absolute atomic E-state index is 11.7. The van der Waals surface area contributed by atoms with Crippen molar-refractivity contribution in [2.45, 2.75) is 79.4 Å². The lowest BCUT2D eigenvalue weighted by Crippen LogP contribution is -3.00. The highest BCUT2D eigenvalue weighted by Gasteiger charge is 2.27. The Labute approximate surface area is 693 Å². The first-order valence-corrected chi connectivity index (χ1v) is 34.1. The predicted molar refractivity (Wildman–Crippen MR) is 410 cm³/mol. The predicted octanol–water partition coefficient (Wildman–Crippen LogP) is -3.41. The van der Waals surface area contributed by atoms with Crippen LogP contribution in [0.5, 0.6) is 0 Å². The minimum absolute atomic E-state index is 0. The van der Waals surface area contributed by atoms with Gasteiger partial charge in [-0.05, 0) is 69.5 Å². The molecule has 0 aromatic rings. The van der Waals surface area contributed by atoms with E-state index in [2.05, 4.69) is 121 Å². The van der Waals surface area contributed by atoms with Crippen LogP contribution in [0.4, 0.5) is 0 Å². The van der Waals surface area contributed by atoms with Crippen molar-refractivity contribution in [2.75, 3.05) is 208 Å². The number of hydrogen-bond acceptors (Lipinski definition) is 23. The van der Waals surface area contributed by atoms with Gasteiger partial charge >= 0.3 is 41.8 Å². The van der Waals surface area contributed by atoms with Crippen LogP contribution >= 0.6 is 15.9 Å². The lowest BCUT2D eigenvalue weighted by molar-refractivity contribution is -0.885. The molecule has 1 rings (SSSR count). The molecule has 112 heavy (non-hydrogen) atoms. The molecule has 1 heterocycles. The van der Waals surface area contributed by atoms with E-state index in [1.165, 1.54) is 0 Å². The Morgan fingerprint density at radius 3 is 0.973 bits per heavy atom. The average molecular weight is 1780 g/mol. The molecule has 1 aliphatic rings. The number of carbonyl (C=O) groups is 10. The van der Waals surface area contributed by atoms with Crippen molar-refractivity contribution in [1.29, 1.82) is 0 Å². The Kier molecular flexibility index (Phi) is 79.4. The minimum Gasteiger partial charge on any atom is -1.00 e. The van der Waals surface area contributed by atoms with Crippen LogP contribution in [-0.4, -0.2) is 306 Å². The first kappa shape index (κ1) is 126. The summed E-state index contributed by atoms with van der Waals surface area (Å²) in [6.07, 6.45) is 0.637. The minimum atomic E-state index is -1.16. The summed E-state index contributed by atoms with van der Waals surface area (Å²) in [4.78, 5) is 127. The van der Waals surface area contributed by atoms with Gasteiger partial charge in [-0.25, -0.2) is 43.5 Å². The third kappa shape index (κ3) is 98.4. The van der Waals surface area contributed by atoms with E-state index in [4.69, 9.17) is 70.1 Å². The van der Waals surface area contributed by atoms with Gasteiger partial charge in [-0.3, -0.25) is 24.0 Å². The second-order valence-corrected chi connectivity index (χ2v) is 28.2. The van der Waals surface area contributed by atoms with Crippen molar-refractivity contribution in [3.8, 4) is 0 Å². The number of nitrogens with one attached hydrogen (secondary N) is 2. The zero-order valence-electron chi connectivity index (χ0n) is 68.9. The van der Waals surface area contributed by atoms with Gasteiger partial charge in [0, 0.05) is 25.5 Å². The van der Waals surface area contributed by atoms with Crippen molar-refractivity contribution >= 4 is 75.6 Å². The van der Waals surface area contributed by atoms with Crippen molar-refractivity contribution in [3.63, 3.8) is 0 Å². The Hall–Kier alpha value is -9.57. The molecule has 1 fully saturated rings. The summed E-state index contributed by atoms with van der Waals surface area (Å²) in [6.45, 7) is 89.2. The molecule has 38 heteroatoms. The zero-order chi connectivity index (χ0) is 88.5. The largest absolute Gasteiger partial charge is 1.00 e. The van der Waals surface area contributed by atoms with Gasteiger partial charge < -0.3 is 135 Å². The van der Waals surface area contributed by atoms with Crippen LogP contribution in [0, 0.1) is 46.0 Å². The van der Waals surface area contributed by atoms with E-state index in [-0.39, 0.29) is 143 Å². The number of rotatable bonds is 33. The number of alkyl halides is 1. The molecule has 1 saturated heterocycles. The molecule has 0 aliphatic carbocycles. The van der Waals surface area contributed by atoms with Gasteiger partial charge in [0.25, 0.3) is 17.1 Å². The number of carboxylic acid groups (broad SMARTS) is 3. The molecule has 0 bridgehead atoms. The summed E-state index contributed by atoms with van der Waals surface area (Å²) in [5, 5.41) is 45.5. The number of hydrogen-bond donors (Lipinski definition) is 3. The smallest absolute Gasteiger partial charge is 0.362 e. The Morgan fingerprint density at radius 1 is 0.464 bits per heavy atom. The fraction of sp³-hybridized carbons (Fsp3) is 0.581. The molecular formula is C74H119Br3N14O21. The van der Waals surface area contributed by atoms with Gasteiger partial charge in [0.15, 0.2) is 24.5 Å². The Bertz CT molecular complexity index is 3300. The summed E-state index contributed by atoms with van der Waals surface area (Å²) in [7, 11) is 21.5. The number of halogens is 3.